The van der Waals surface area contributed by atoms with Crippen LogP contribution < -0.4 is 0 Å². The number of nitrogens with zero attached hydrogens (tertiary/aromatic N) is 1. The quantitative estimate of drug-likeness (QED) is 0.369. The van der Waals surface area contributed by atoms with Crippen LogP contribution in [-0.2, 0) is 9.53 Å². The lowest BCUT2D eigenvalue weighted by Crippen LogP contribution is -2.06. The summed E-state index contributed by atoms with van der Waals surface area (Å²) in [6.45, 7) is 4.75. The summed E-state index contributed by atoms with van der Waals surface area (Å²) in [5, 5.41) is 0. The van der Waals surface area contributed by atoms with Crippen molar-refractivity contribution in [2.45, 2.75) is 20.3 Å². The second kappa shape index (κ2) is 9.85. The van der Waals surface area contributed by atoms with Crippen LogP contribution in [0.5, 0.6) is 0 Å². The average molecular weight is 237 g/mol. The molecule has 17 heavy (non-hydrogen) atoms. The zero-order valence-corrected chi connectivity index (χ0v) is 11.3. The molecule has 0 rings (SSSR count). The summed E-state index contributed by atoms with van der Waals surface area (Å²) in [4.78, 5) is 12.1. The highest BCUT2D eigenvalue weighted by Gasteiger charge is 1.95. The van der Waals surface area contributed by atoms with Gasteiger partial charge in [0.1, 0.15) is 12.9 Å². The van der Waals surface area contributed by atoms with Crippen LogP contribution in [0.15, 0.2) is 35.6 Å². The number of hydrogen-bond donors (Lipinski definition) is 0. The molecule has 0 atom stereocenters. The maximum atomic E-state index is 10.2. The Morgan fingerprint density at radius 2 is 1.88 bits per heavy atom. The number of carbonyl (C=O) groups excluding carboxylic acids is 1. The van der Waals surface area contributed by atoms with E-state index in [4.69, 9.17) is 4.74 Å². The third-order valence-corrected chi connectivity index (χ3v) is 2.17. The molecule has 0 heterocycles. The van der Waals surface area contributed by atoms with Gasteiger partial charge in [0.25, 0.3) is 0 Å². The zero-order valence-electron chi connectivity index (χ0n) is 11.3. The Kier molecular flexibility index (Phi) is 9.06. The molecule has 3 nitrogen and oxygen atoms in total. The summed E-state index contributed by atoms with van der Waals surface area (Å²) >= 11 is 0. The predicted octanol–water partition coefficient (Wildman–Crippen LogP) is 2.56. The largest absolute Gasteiger partial charge is 0.383 e. The van der Waals surface area contributed by atoms with E-state index in [0.29, 0.717) is 6.61 Å². The van der Waals surface area contributed by atoms with Crippen molar-refractivity contribution in [1.29, 1.82) is 0 Å². The van der Waals surface area contributed by atoms with Crippen molar-refractivity contribution in [3.05, 3.63) is 35.6 Å². The van der Waals surface area contributed by atoms with E-state index in [-0.39, 0.29) is 6.61 Å². The second-order valence-corrected chi connectivity index (χ2v) is 3.90. The smallest absolute Gasteiger partial charge is 0.145 e. The third kappa shape index (κ3) is 8.46. The Labute approximate surface area is 104 Å². The maximum absolute atomic E-state index is 10.2. The molecule has 0 aliphatic heterocycles. The monoisotopic (exact) mass is 237 g/mol. The minimum absolute atomic E-state index is 0.142. The van der Waals surface area contributed by atoms with Crippen molar-refractivity contribution in [2.75, 3.05) is 27.3 Å². The third-order valence-electron chi connectivity index (χ3n) is 2.17. The summed E-state index contributed by atoms with van der Waals surface area (Å²) in [6, 6.07) is 0. The van der Waals surface area contributed by atoms with Gasteiger partial charge in [-0.1, -0.05) is 30.7 Å². The molecular formula is C14H23NO2. The van der Waals surface area contributed by atoms with E-state index in [1.54, 1.807) is 0 Å². The van der Waals surface area contributed by atoms with Gasteiger partial charge in [0.2, 0.25) is 0 Å². The van der Waals surface area contributed by atoms with Crippen LogP contribution in [0, 0.1) is 0 Å². The topological polar surface area (TPSA) is 29.5 Å². The van der Waals surface area contributed by atoms with Crippen LogP contribution >= 0.6 is 0 Å². The number of ether oxygens (including phenoxy) is 1. The summed E-state index contributed by atoms with van der Waals surface area (Å²) in [5.41, 5.74) is 2.33. The molecule has 3 heteroatoms. The van der Waals surface area contributed by atoms with Crippen molar-refractivity contribution in [1.82, 2.24) is 4.90 Å². The molecule has 0 radical (unpaired) electrons. The minimum atomic E-state index is 0.142. The molecule has 0 spiro atoms. The normalized spacial score (nSPS) is 13.2. The molecule has 0 bridgehead atoms. The Balaban J connectivity index is 4.53. The Bertz CT molecular complexity index is 301. The molecule has 0 aliphatic carbocycles. The Morgan fingerprint density at radius 3 is 2.35 bits per heavy atom. The first-order valence-electron chi connectivity index (χ1n) is 5.85. The first-order valence-corrected chi connectivity index (χ1v) is 5.85. The van der Waals surface area contributed by atoms with Gasteiger partial charge in [-0.2, -0.15) is 0 Å². The fourth-order valence-electron chi connectivity index (χ4n) is 1.32. The molecule has 0 N–H and O–H groups in total. The van der Waals surface area contributed by atoms with E-state index in [1.807, 2.05) is 38.2 Å². The lowest BCUT2D eigenvalue weighted by atomic mass is 10.1. The van der Waals surface area contributed by atoms with Gasteiger partial charge in [0, 0.05) is 20.3 Å². The van der Waals surface area contributed by atoms with E-state index in [2.05, 4.69) is 19.1 Å². The van der Waals surface area contributed by atoms with Gasteiger partial charge in [-0.3, -0.25) is 0 Å². The standard InChI is InChI=1S/C14H23NO2/c1-5-13(6-2)7-8-14(11-15(3)4)12-17-10-9-16/h5,7-9,11H,6,10,12H2,1-4H3/b8-7-,13-5-,14-11-. The van der Waals surface area contributed by atoms with Gasteiger partial charge >= 0.3 is 0 Å². The fraction of sp³-hybridized carbons (Fsp3) is 0.500. The van der Waals surface area contributed by atoms with Crippen molar-refractivity contribution in [2.24, 2.45) is 0 Å². The summed E-state index contributed by atoms with van der Waals surface area (Å²) in [6.07, 6.45) is 9.97. The van der Waals surface area contributed by atoms with Gasteiger partial charge in [-0.05, 0) is 18.9 Å². The number of aldehydes is 1. The highest BCUT2D eigenvalue weighted by molar-refractivity contribution is 5.50. The Hall–Kier alpha value is -1.35. The molecule has 0 aliphatic rings. The van der Waals surface area contributed by atoms with Gasteiger partial charge < -0.3 is 14.4 Å². The number of allylic oxidation sites excluding steroid dienone is 3. The van der Waals surface area contributed by atoms with Crippen LogP contribution in [0.1, 0.15) is 20.3 Å². The predicted molar refractivity (Wildman–Crippen MR) is 71.8 cm³/mol. The molecular weight excluding hydrogens is 214 g/mol. The molecule has 0 saturated heterocycles. The number of hydrogen-bond acceptors (Lipinski definition) is 3. The van der Waals surface area contributed by atoms with E-state index in [9.17, 15) is 4.79 Å². The first kappa shape index (κ1) is 15.7. The molecule has 0 amide bonds. The van der Waals surface area contributed by atoms with E-state index >= 15 is 0 Å². The van der Waals surface area contributed by atoms with E-state index in [1.165, 1.54) is 5.57 Å². The molecule has 0 saturated carbocycles. The summed E-state index contributed by atoms with van der Waals surface area (Å²) < 4.78 is 5.21. The zero-order chi connectivity index (χ0) is 13.1. The van der Waals surface area contributed by atoms with Gasteiger partial charge in [-0.25, -0.2) is 0 Å². The highest BCUT2D eigenvalue weighted by atomic mass is 16.5. The molecule has 0 aromatic carbocycles. The second-order valence-electron chi connectivity index (χ2n) is 3.90. The van der Waals surface area contributed by atoms with Crippen molar-refractivity contribution >= 4 is 6.29 Å². The first-order chi connectivity index (χ1) is 8.13. The van der Waals surface area contributed by atoms with Crippen molar-refractivity contribution in [3.8, 4) is 0 Å². The minimum Gasteiger partial charge on any atom is -0.383 e. The summed E-state index contributed by atoms with van der Waals surface area (Å²) in [7, 11) is 3.92. The SMILES string of the molecule is C\C=C(/C=C\C(=C\N(C)C)COCC=O)CC. The van der Waals surface area contributed by atoms with E-state index < -0.39 is 0 Å². The number of rotatable bonds is 8. The van der Waals surface area contributed by atoms with Gasteiger partial charge in [0.15, 0.2) is 0 Å². The van der Waals surface area contributed by atoms with Crippen LogP contribution in [0.25, 0.3) is 0 Å². The van der Waals surface area contributed by atoms with Gasteiger partial charge in [-0.15, -0.1) is 0 Å². The van der Waals surface area contributed by atoms with Crippen LogP contribution in [0.3, 0.4) is 0 Å². The van der Waals surface area contributed by atoms with Gasteiger partial charge in [0.05, 0.1) is 6.61 Å². The molecule has 96 valence electrons. The highest BCUT2D eigenvalue weighted by Crippen LogP contribution is 2.06. The molecule has 0 aromatic heterocycles. The summed E-state index contributed by atoms with van der Waals surface area (Å²) in [5.74, 6) is 0. The maximum Gasteiger partial charge on any atom is 0.145 e. The van der Waals surface area contributed by atoms with Crippen LogP contribution in [0.2, 0.25) is 0 Å². The number of carbonyl (C=O) groups is 1. The van der Waals surface area contributed by atoms with Crippen LogP contribution in [-0.4, -0.2) is 38.5 Å². The lowest BCUT2D eigenvalue weighted by molar-refractivity contribution is -0.111. The molecule has 0 aromatic rings. The average Bonchev–Trinajstić information content (AvgIpc) is 2.29. The fourth-order valence-corrected chi connectivity index (χ4v) is 1.32. The van der Waals surface area contributed by atoms with E-state index in [0.717, 1.165) is 18.3 Å². The molecule has 0 fully saturated rings. The van der Waals surface area contributed by atoms with Crippen molar-refractivity contribution < 1.29 is 9.53 Å². The van der Waals surface area contributed by atoms with Crippen LogP contribution in [0.4, 0.5) is 0 Å². The van der Waals surface area contributed by atoms with Crippen molar-refractivity contribution in [3.63, 3.8) is 0 Å². The lowest BCUT2D eigenvalue weighted by Gasteiger charge is -2.09. The molecule has 0 unspecified atom stereocenters. The Morgan fingerprint density at radius 1 is 1.24 bits per heavy atom.